The van der Waals surface area contributed by atoms with Gasteiger partial charge in [0.25, 0.3) is 0 Å². The second kappa shape index (κ2) is 5.44. The lowest BCUT2D eigenvalue weighted by atomic mass is 10.1. The summed E-state index contributed by atoms with van der Waals surface area (Å²) in [6, 6.07) is 8.20. The molecule has 1 aromatic heterocycles. The molecular weight excluding hydrogens is 276 g/mol. The molecule has 1 aromatic carbocycles. The molecule has 2 heterocycles. The van der Waals surface area contributed by atoms with E-state index in [1.165, 1.54) is 12.5 Å². The number of para-hydroxylation sites is 1. The van der Waals surface area contributed by atoms with Crippen molar-refractivity contribution < 1.29 is 9.59 Å². The van der Waals surface area contributed by atoms with Crippen LogP contribution < -0.4 is 4.90 Å². The number of aryl methyl sites for hydroxylation is 1. The first-order valence-electron chi connectivity index (χ1n) is 7.55. The Bertz CT molecular complexity index is 758. The third-order valence-corrected chi connectivity index (χ3v) is 4.39. The van der Waals surface area contributed by atoms with Gasteiger partial charge in [-0.1, -0.05) is 18.2 Å². The predicted molar refractivity (Wildman–Crippen MR) is 87.0 cm³/mol. The molecule has 22 heavy (non-hydrogen) atoms. The van der Waals surface area contributed by atoms with Gasteiger partial charge in [-0.2, -0.15) is 0 Å². The van der Waals surface area contributed by atoms with E-state index in [2.05, 4.69) is 22.0 Å². The van der Waals surface area contributed by atoms with Crippen LogP contribution in [0.4, 0.5) is 5.69 Å². The molecule has 0 unspecified atom stereocenters. The predicted octanol–water partition coefficient (Wildman–Crippen LogP) is 3.08. The first-order chi connectivity index (χ1) is 10.5. The number of fused-ring (bicyclic) bond motifs is 1. The van der Waals surface area contributed by atoms with Crippen molar-refractivity contribution in [3.63, 3.8) is 0 Å². The van der Waals surface area contributed by atoms with Crippen molar-refractivity contribution in [3.8, 4) is 0 Å². The smallest absolute Gasteiger partial charge is 0.198 e. The summed E-state index contributed by atoms with van der Waals surface area (Å²) in [5.74, 6) is 0.0293. The van der Waals surface area contributed by atoms with Gasteiger partial charge in [0.15, 0.2) is 11.6 Å². The number of hydrogen-bond donors (Lipinski definition) is 1. The average Bonchev–Trinajstić information content (AvgIpc) is 3.00. The van der Waals surface area contributed by atoms with E-state index in [4.69, 9.17) is 0 Å². The summed E-state index contributed by atoms with van der Waals surface area (Å²) in [4.78, 5) is 29.5. The maximum absolute atomic E-state index is 12.6. The highest BCUT2D eigenvalue weighted by Gasteiger charge is 2.24. The summed E-state index contributed by atoms with van der Waals surface area (Å²) >= 11 is 0. The van der Waals surface area contributed by atoms with E-state index in [9.17, 15) is 9.59 Å². The normalized spacial score (nSPS) is 13.3. The Hall–Kier alpha value is -2.36. The molecule has 1 N–H and O–H groups in total. The summed E-state index contributed by atoms with van der Waals surface area (Å²) in [5, 5.41) is 0. The Labute approximate surface area is 130 Å². The topological polar surface area (TPSA) is 53.2 Å². The number of hydrogen-bond acceptors (Lipinski definition) is 3. The van der Waals surface area contributed by atoms with Gasteiger partial charge in [-0.05, 0) is 44.4 Å². The number of aromatic nitrogens is 1. The zero-order valence-electron chi connectivity index (χ0n) is 13.2. The van der Waals surface area contributed by atoms with Crippen molar-refractivity contribution >= 4 is 17.3 Å². The van der Waals surface area contributed by atoms with Gasteiger partial charge < -0.3 is 9.88 Å². The van der Waals surface area contributed by atoms with Crippen molar-refractivity contribution in [1.82, 2.24) is 4.98 Å². The molecule has 1 aliphatic rings. The monoisotopic (exact) mass is 296 g/mol. The van der Waals surface area contributed by atoms with Crippen LogP contribution in [0.5, 0.6) is 0 Å². The fourth-order valence-electron chi connectivity index (χ4n) is 3.38. The average molecular weight is 296 g/mol. The van der Waals surface area contributed by atoms with Crippen LogP contribution in [-0.4, -0.2) is 29.6 Å². The van der Waals surface area contributed by atoms with Crippen LogP contribution in [-0.2, 0) is 6.42 Å². The summed E-state index contributed by atoms with van der Waals surface area (Å²) in [7, 11) is 0. The maximum atomic E-state index is 12.6. The Morgan fingerprint density at radius 2 is 1.95 bits per heavy atom. The minimum Gasteiger partial charge on any atom is -0.363 e. The van der Waals surface area contributed by atoms with Gasteiger partial charge in [0.2, 0.25) is 0 Å². The summed E-state index contributed by atoms with van der Waals surface area (Å²) in [6.45, 7) is 6.42. The Balaban J connectivity index is 1.85. The van der Waals surface area contributed by atoms with Crippen LogP contribution in [0.25, 0.3) is 0 Å². The lowest BCUT2D eigenvalue weighted by molar-refractivity contribution is 0.0994. The molecule has 4 nitrogen and oxygen atoms in total. The highest BCUT2D eigenvalue weighted by molar-refractivity contribution is 6.04. The van der Waals surface area contributed by atoms with E-state index in [1.807, 2.05) is 26.0 Å². The second-order valence-corrected chi connectivity index (χ2v) is 5.90. The first-order valence-corrected chi connectivity index (χ1v) is 7.55. The number of ketones is 2. The number of benzene rings is 1. The lowest BCUT2D eigenvalue weighted by Gasteiger charge is -2.18. The SMILES string of the molecule is CC(=O)c1c(C)[nH]c(C(=O)CN2CCc3ccccc32)c1C. The zero-order chi connectivity index (χ0) is 15.9. The van der Waals surface area contributed by atoms with Gasteiger partial charge in [-0.15, -0.1) is 0 Å². The van der Waals surface area contributed by atoms with Crippen molar-refractivity contribution in [2.24, 2.45) is 0 Å². The number of anilines is 1. The van der Waals surface area contributed by atoms with Gasteiger partial charge in [0.1, 0.15) is 0 Å². The zero-order valence-corrected chi connectivity index (χ0v) is 13.2. The van der Waals surface area contributed by atoms with Crippen molar-refractivity contribution in [2.75, 3.05) is 18.0 Å². The fraction of sp³-hybridized carbons (Fsp3) is 0.333. The number of nitrogens with one attached hydrogen (secondary N) is 1. The van der Waals surface area contributed by atoms with Crippen LogP contribution in [0.2, 0.25) is 0 Å². The highest BCUT2D eigenvalue weighted by Crippen LogP contribution is 2.28. The molecular formula is C18H20N2O2. The van der Waals surface area contributed by atoms with Gasteiger partial charge in [-0.3, -0.25) is 9.59 Å². The molecule has 0 spiro atoms. The Morgan fingerprint density at radius 3 is 2.64 bits per heavy atom. The molecule has 0 aliphatic carbocycles. The largest absolute Gasteiger partial charge is 0.363 e. The Kier molecular flexibility index (Phi) is 3.61. The van der Waals surface area contributed by atoms with E-state index in [1.54, 1.807) is 0 Å². The van der Waals surface area contributed by atoms with E-state index >= 15 is 0 Å². The van der Waals surface area contributed by atoms with E-state index in [-0.39, 0.29) is 11.6 Å². The van der Waals surface area contributed by atoms with Crippen LogP contribution in [0.15, 0.2) is 24.3 Å². The molecule has 0 saturated carbocycles. The van der Waals surface area contributed by atoms with E-state index < -0.39 is 0 Å². The standard InChI is InChI=1S/C18H20N2O2/c1-11-17(13(3)21)12(2)19-18(11)16(22)10-20-9-8-14-6-4-5-7-15(14)20/h4-7,19H,8-10H2,1-3H3. The molecule has 0 radical (unpaired) electrons. The van der Waals surface area contributed by atoms with Crippen LogP contribution in [0, 0.1) is 13.8 Å². The third kappa shape index (κ3) is 2.34. The number of carbonyl (C=O) groups is 2. The number of Topliss-reactive ketones (excluding diaryl/α,β-unsaturated/α-hetero) is 2. The van der Waals surface area contributed by atoms with Gasteiger partial charge >= 0.3 is 0 Å². The van der Waals surface area contributed by atoms with Crippen molar-refractivity contribution in [3.05, 3.63) is 52.3 Å². The number of rotatable bonds is 4. The first kappa shape index (κ1) is 14.6. The minimum atomic E-state index is -0.00295. The molecule has 114 valence electrons. The van der Waals surface area contributed by atoms with Gasteiger partial charge in [0, 0.05) is 23.5 Å². The Morgan fingerprint density at radius 1 is 1.23 bits per heavy atom. The van der Waals surface area contributed by atoms with Crippen molar-refractivity contribution in [2.45, 2.75) is 27.2 Å². The summed E-state index contributed by atoms with van der Waals surface area (Å²) in [5.41, 5.74) is 5.18. The minimum absolute atomic E-state index is 0.00295. The number of H-pyrrole nitrogens is 1. The summed E-state index contributed by atoms with van der Waals surface area (Å²) < 4.78 is 0. The van der Waals surface area contributed by atoms with E-state index in [0.29, 0.717) is 17.8 Å². The van der Waals surface area contributed by atoms with Crippen LogP contribution in [0.3, 0.4) is 0 Å². The fourth-order valence-corrected chi connectivity index (χ4v) is 3.38. The lowest BCUT2D eigenvalue weighted by Crippen LogP contribution is -2.28. The second-order valence-electron chi connectivity index (χ2n) is 5.90. The maximum Gasteiger partial charge on any atom is 0.198 e. The highest BCUT2D eigenvalue weighted by atomic mass is 16.1. The molecule has 0 atom stereocenters. The molecule has 0 bridgehead atoms. The van der Waals surface area contributed by atoms with E-state index in [0.717, 1.165) is 29.9 Å². The molecule has 1 aliphatic heterocycles. The number of carbonyl (C=O) groups excluding carboxylic acids is 2. The van der Waals surface area contributed by atoms with Crippen molar-refractivity contribution in [1.29, 1.82) is 0 Å². The number of aromatic amines is 1. The van der Waals surface area contributed by atoms with Gasteiger partial charge in [0.05, 0.1) is 12.2 Å². The van der Waals surface area contributed by atoms with Crippen LogP contribution >= 0.6 is 0 Å². The third-order valence-electron chi connectivity index (χ3n) is 4.39. The molecule has 0 saturated heterocycles. The quantitative estimate of drug-likeness (QED) is 0.882. The summed E-state index contributed by atoms with van der Waals surface area (Å²) in [6.07, 6.45) is 0.977. The van der Waals surface area contributed by atoms with Crippen LogP contribution in [0.1, 0.15) is 44.6 Å². The number of nitrogens with zero attached hydrogens (tertiary/aromatic N) is 1. The van der Waals surface area contributed by atoms with Gasteiger partial charge in [-0.25, -0.2) is 0 Å². The molecule has 3 rings (SSSR count). The molecule has 0 amide bonds. The molecule has 0 fully saturated rings. The molecule has 4 heteroatoms. The molecule has 2 aromatic rings.